The van der Waals surface area contributed by atoms with E-state index in [1.807, 2.05) is 12.1 Å². The molecular weight excluding hydrogens is 266 g/mol. The van der Waals surface area contributed by atoms with E-state index in [1.54, 1.807) is 19.1 Å². The molecule has 0 saturated carbocycles. The molecule has 1 aromatic heterocycles. The van der Waals surface area contributed by atoms with Crippen molar-refractivity contribution in [3.05, 3.63) is 45.2 Å². The Hall–Kier alpha value is -0.830. The van der Waals surface area contributed by atoms with E-state index < -0.39 is 0 Å². The van der Waals surface area contributed by atoms with Crippen molar-refractivity contribution in [2.45, 2.75) is 6.92 Å². The molecule has 0 unspecified atom stereocenters. The standard InChI is InChI=1S/C11H7Cl3N2/c1-6-9(13)15-11(16-10(6)14)7-3-2-4-8(12)5-7/h2-5H,1H3. The average molecular weight is 274 g/mol. The highest BCUT2D eigenvalue weighted by Gasteiger charge is 2.09. The number of rotatable bonds is 1. The van der Waals surface area contributed by atoms with E-state index in [0.717, 1.165) is 5.56 Å². The first-order valence-electron chi connectivity index (χ1n) is 4.53. The van der Waals surface area contributed by atoms with Crippen LogP contribution in [0.5, 0.6) is 0 Å². The van der Waals surface area contributed by atoms with Gasteiger partial charge < -0.3 is 0 Å². The van der Waals surface area contributed by atoms with Crippen molar-refractivity contribution in [1.82, 2.24) is 9.97 Å². The molecule has 0 N–H and O–H groups in total. The number of halogens is 3. The second-order valence-electron chi connectivity index (χ2n) is 3.26. The SMILES string of the molecule is Cc1c(Cl)nc(-c2cccc(Cl)c2)nc1Cl. The Kier molecular flexibility index (Phi) is 3.33. The Morgan fingerprint density at radius 1 is 1.00 bits per heavy atom. The smallest absolute Gasteiger partial charge is 0.162 e. The topological polar surface area (TPSA) is 25.8 Å². The normalized spacial score (nSPS) is 10.5. The summed E-state index contributed by atoms with van der Waals surface area (Å²) in [7, 11) is 0. The lowest BCUT2D eigenvalue weighted by Crippen LogP contribution is -1.93. The van der Waals surface area contributed by atoms with E-state index in [1.165, 1.54) is 0 Å². The molecule has 2 aromatic rings. The monoisotopic (exact) mass is 272 g/mol. The maximum atomic E-state index is 5.94. The van der Waals surface area contributed by atoms with Crippen LogP contribution in [-0.4, -0.2) is 9.97 Å². The zero-order chi connectivity index (χ0) is 11.7. The molecule has 1 heterocycles. The van der Waals surface area contributed by atoms with Crippen LogP contribution in [0.15, 0.2) is 24.3 Å². The Balaban J connectivity index is 2.57. The lowest BCUT2D eigenvalue weighted by Gasteiger charge is -2.04. The molecule has 0 atom stereocenters. The van der Waals surface area contributed by atoms with Crippen LogP contribution < -0.4 is 0 Å². The molecule has 2 rings (SSSR count). The van der Waals surface area contributed by atoms with E-state index in [4.69, 9.17) is 34.8 Å². The molecule has 0 aliphatic rings. The van der Waals surface area contributed by atoms with Gasteiger partial charge in [0.05, 0.1) is 0 Å². The fourth-order valence-electron chi connectivity index (χ4n) is 1.22. The molecular formula is C11H7Cl3N2. The summed E-state index contributed by atoms with van der Waals surface area (Å²) in [5, 5.41) is 1.33. The highest BCUT2D eigenvalue weighted by atomic mass is 35.5. The van der Waals surface area contributed by atoms with Gasteiger partial charge in [-0.1, -0.05) is 46.9 Å². The van der Waals surface area contributed by atoms with Gasteiger partial charge in [0, 0.05) is 16.1 Å². The second-order valence-corrected chi connectivity index (χ2v) is 4.42. The molecule has 0 spiro atoms. The predicted molar refractivity (Wildman–Crippen MR) is 67.2 cm³/mol. The minimum Gasteiger partial charge on any atom is -0.216 e. The van der Waals surface area contributed by atoms with Gasteiger partial charge in [0.2, 0.25) is 0 Å². The number of benzene rings is 1. The third-order valence-corrected chi connectivity index (χ3v) is 3.08. The van der Waals surface area contributed by atoms with Gasteiger partial charge in [-0.05, 0) is 19.1 Å². The summed E-state index contributed by atoms with van der Waals surface area (Å²) in [6, 6.07) is 7.22. The molecule has 0 saturated heterocycles. The lowest BCUT2D eigenvalue weighted by molar-refractivity contribution is 1.14. The molecule has 2 nitrogen and oxygen atoms in total. The third-order valence-electron chi connectivity index (χ3n) is 2.11. The molecule has 82 valence electrons. The Labute approximate surface area is 108 Å². The summed E-state index contributed by atoms with van der Waals surface area (Å²) < 4.78 is 0. The van der Waals surface area contributed by atoms with Crippen LogP contribution in [0.3, 0.4) is 0 Å². The molecule has 0 aliphatic carbocycles. The van der Waals surface area contributed by atoms with Crippen molar-refractivity contribution in [3.8, 4) is 11.4 Å². The minimum absolute atomic E-state index is 0.356. The predicted octanol–water partition coefficient (Wildman–Crippen LogP) is 4.41. The first kappa shape index (κ1) is 11.6. The zero-order valence-corrected chi connectivity index (χ0v) is 10.6. The highest BCUT2D eigenvalue weighted by Crippen LogP contribution is 2.25. The Morgan fingerprint density at radius 2 is 1.62 bits per heavy atom. The molecule has 0 bridgehead atoms. The van der Waals surface area contributed by atoms with Crippen LogP contribution in [0.2, 0.25) is 15.3 Å². The molecule has 0 amide bonds. The summed E-state index contributed by atoms with van der Waals surface area (Å²) in [6.45, 7) is 1.77. The summed E-state index contributed by atoms with van der Waals surface area (Å²) in [5.41, 5.74) is 1.46. The fraction of sp³-hybridized carbons (Fsp3) is 0.0909. The number of aromatic nitrogens is 2. The summed E-state index contributed by atoms with van der Waals surface area (Å²) in [4.78, 5) is 8.31. The van der Waals surface area contributed by atoms with Gasteiger partial charge in [-0.25, -0.2) is 9.97 Å². The number of hydrogen-bond acceptors (Lipinski definition) is 2. The van der Waals surface area contributed by atoms with Crippen LogP contribution in [0, 0.1) is 6.92 Å². The van der Waals surface area contributed by atoms with E-state index in [9.17, 15) is 0 Å². The summed E-state index contributed by atoms with van der Waals surface area (Å²) in [6.07, 6.45) is 0. The molecule has 1 aromatic carbocycles. The maximum absolute atomic E-state index is 5.94. The van der Waals surface area contributed by atoms with Gasteiger partial charge in [-0.3, -0.25) is 0 Å². The van der Waals surface area contributed by atoms with Gasteiger partial charge in [-0.2, -0.15) is 0 Å². The maximum Gasteiger partial charge on any atom is 0.162 e. The fourth-order valence-corrected chi connectivity index (χ4v) is 1.80. The molecule has 16 heavy (non-hydrogen) atoms. The van der Waals surface area contributed by atoms with Crippen LogP contribution in [0.1, 0.15) is 5.56 Å². The van der Waals surface area contributed by atoms with Gasteiger partial charge in [0.1, 0.15) is 10.3 Å². The van der Waals surface area contributed by atoms with Crippen molar-refractivity contribution in [3.63, 3.8) is 0 Å². The van der Waals surface area contributed by atoms with E-state index >= 15 is 0 Å². The van der Waals surface area contributed by atoms with Crippen molar-refractivity contribution in [2.75, 3.05) is 0 Å². The van der Waals surface area contributed by atoms with E-state index in [-0.39, 0.29) is 0 Å². The number of hydrogen-bond donors (Lipinski definition) is 0. The third kappa shape index (κ3) is 2.29. The lowest BCUT2D eigenvalue weighted by atomic mass is 10.2. The Morgan fingerprint density at radius 3 is 2.19 bits per heavy atom. The zero-order valence-electron chi connectivity index (χ0n) is 8.34. The van der Waals surface area contributed by atoms with Gasteiger partial charge >= 0.3 is 0 Å². The first-order valence-corrected chi connectivity index (χ1v) is 5.67. The van der Waals surface area contributed by atoms with Gasteiger partial charge in [0.15, 0.2) is 5.82 Å². The summed E-state index contributed by atoms with van der Waals surface area (Å²) >= 11 is 17.8. The number of nitrogens with zero attached hydrogens (tertiary/aromatic N) is 2. The van der Waals surface area contributed by atoms with Gasteiger partial charge in [0.25, 0.3) is 0 Å². The highest BCUT2D eigenvalue weighted by molar-refractivity contribution is 6.34. The largest absolute Gasteiger partial charge is 0.216 e. The minimum atomic E-state index is 0.356. The van der Waals surface area contributed by atoms with Crippen LogP contribution in [0.25, 0.3) is 11.4 Å². The van der Waals surface area contributed by atoms with E-state index in [2.05, 4.69) is 9.97 Å². The summed E-state index contributed by atoms with van der Waals surface area (Å²) in [5.74, 6) is 0.475. The van der Waals surface area contributed by atoms with Crippen molar-refractivity contribution < 1.29 is 0 Å². The van der Waals surface area contributed by atoms with Crippen LogP contribution >= 0.6 is 34.8 Å². The average Bonchev–Trinajstić information content (AvgIpc) is 2.25. The van der Waals surface area contributed by atoms with Gasteiger partial charge in [-0.15, -0.1) is 0 Å². The molecule has 0 radical (unpaired) electrons. The van der Waals surface area contributed by atoms with Crippen molar-refractivity contribution >= 4 is 34.8 Å². The van der Waals surface area contributed by atoms with E-state index in [0.29, 0.717) is 26.7 Å². The Bertz CT molecular complexity index is 517. The molecule has 0 fully saturated rings. The van der Waals surface area contributed by atoms with Crippen LogP contribution in [0.4, 0.5) is 0 Å². The van der Waals surface area contributed by atoms with Crippen molar-refractivity contribution in [1.29, 1.82) is 0 Å². The van der Waals surface area contributed by atoms with Crippen molar-refractivity contribution in [2.24, 2.45) is 0 Å². The molecule has 5 heteroatoms. The van der Waals surface area contributed by atoms with Crippen LogP contribution in [-0.2, 0) is 0 Å². The molecule has 0 aliphatic heterocycles. The first-order chi connectivity index (χ1) is 7.58. The second kappa shape index (κ2) is 4.58. The quantitative estimate of drug-likeness (QED) is 0.719.